The largest absolute Gasteiger partial charge is 0.302 e. The Balaban J connectivity index is 2.29. The smallest absolute Gasteiger partial charge is 0.137 e. The minimum Gasteiger partial charge on any atom is -0.302 e. The summed E-state index contributed by atoms with van der Waals surface area (Å²) in [6.45, 7) is 0. The molecular formula is C9H11BrO. The first-order valence-electron chi connectivity index (χ1n) is 4.08. The van der Waals surface area contributed by atoms with Crippen LogP contribution in [-0.4, -0.2) is 10.6 Å². The van der Waals surface area contributed by atoms with E-state index in [9.17, 15) is 4.79 Å². The van der Waals surface area contributed by atoms with E-state index < -0.39 is 0 Å². The average molecular weight is 215 g/mol. The number of rotatable bonds is 1. The van der Waals surface area contributed by atoms with Gasteiger partial charge in [0.15, 0.2) is 0 Å². The summed E-state index contributed by atoms with van der Waals surface area (Å²) < 4.78 is -0.218. The zero-order valence-electron chi connectivity index (χ0n) is 6.29. The molecule has 0 saturated heterocycles. The summed E-state index contributed by atoms with van der Waals surface area (Å²) in [5.41, 5.74) is 0. The lowest BCUT2D eigenvalue weighted by Crippen LogP contribution is -2.41. The van der Waals surface area contributed by atoms with E-state index in [1.807, 2.05) is 0 Å². The number of allylic oxidation sites excluding steroid dienone is 2. The molecule has 0 amide bonds. The van der Waals surface area contributed by atoms with Gasteiger partial charge in [-0.1, -0.05) is 28.1 Å². The number of fused-ring (bicyclic) bond motifs is 2. The highest BCUT2D eigenvalue weighted by molar-refractivity contribution is 9.10. The number of carbonyl (C=O) groups is 1. The summed E-state index contributed by atoms with van der Waals surface area (Å²) >= 11 is 3.53. The van der Waals surface area contributed by atoms with Crippen molar-refractivity contribution in [2.24, 2.45) is 11.8 Å². The van der Waals surface area contributed by atoms with Crippen molar-refractivity contribution in [1.29, 1.82) is 0 Å². The number of alkyl halides is 1. The lowest BCUT2D eigenvalue weighted by Gasteiger charge is -2.41. The Morgan fingerprint density at radius 2 is 2.27 bits per heavy atom. The highest BCUT2D eigenvalue weighted by atomic mass is 79.9. The van der Waals surface area contributed by atoms with Crippen molar-refractivity contribution < 1.29 is 4.79 Å². The molecule has 1 nitrogen and oxygen atoms in total. The van der Waals surface area contributed by atoms with Crippen LogP contribution in [0.15, 0.2) is 12.2 Å². The van der Waals surface area contributed by atoms with E-state index in [1.165, 1.54) is 12.8 Å². The first kappa shape index (κ1) is 7.53. The van der Waals surface area contributed by atoms with E-state index in [0.717, 1.165) is 12.7 Å². The van der Waals surface area contributed by atoms with Crippen molar-refractivity contribution in [3.8, 4) is 0 Å². The fourth-order valence-corrected chi connectivity index (χ4v) is 2.93. The Morgan fingerprint density at radius 1 is 1.45 bits per heavy atom. The first-order valence-corrected chi connectivity index (χ1v) is 4.87. The first-order chi connectivity index (χ1) is 5.24. The van der Waals surface area contributed by atoms with E-state index >= 15 is 0 Å². The molecule has 0 aliphatic heterocycles. The van der Waals surface area contributed by atoms with Crippen LogP contribution in [0.25, 0.3) is 0 Å². The topological polar surface area (TPSA) is 17.1 Å². The van der Waals surface area contributed by atoms with Crippen LogP contribution in [0.2, 0.25) is 0 Å². The zero-order chi connectivity index (χ0) is 7.90. The second kappa shape index (κ2) is 2.44. The van der Waals surface area contributed by atoms with Crippen molar-refractivity contribution in [2.75, 3.05) is 0 Å². The minimum atomic E-state index is -0.218. The van der Waals surface area contributed by atoms with Gasteiger partial charge in [-0.15, -0.1) is 0 Å². The van der Waals surface area contributed by atoms with Crippen LogP contribution in [0.4, 0.5) is 0 Å². The van der Waals surface area contributed by atoms with Crippen LogP contribution in [0, 0.1) is 11.8 Å². The molecule has 0 aromatic rings. The molecule has 3 atom stereocenters. The third kappa shape index (κ3) is 1.08. The Bertz CT molecular complexity index is 212. The number of hydrogen-bond acceptors (Lipinski definition) is 1. The van der Waals surface area contributed by atoms with Crippen molar-refractivity contribution in [2.45, 2.75) is 23.6 Å². The Morgan fingerprint density at radius 3 is 2.55 bits per heavy atom. The van der Waals surface area contributed by atoms with E-state index in [1.54, 1.807) is 0 Å². The molecule has 2 heteroatoms. The number of halogens is 1. The summed E-state index contributed by atoms with van der Waals surface area (Å²) in [4.78, 5) is 10.8. The minimum absolute atomic E-state index is 0.218. The van der Waals surface area contributed by atoms with Crippen LogP contribution in [0.3, 0.4) is 0 Å². The highest BCUT2D eigenvalue weighted by Crippen LogP contribution is 2.46. The van der Waals surface area contributed by atoms with E-state index in [4.69, 9.17) is 0 Å². The fourth-order valence-electron chi connectivity index (χ4n) is 2.14. The molecule has 0 unspecified atom stereocenters. The van der Waals surface area contributed by atoms with Gasteiger partial charge in [-0.05, 0) is 31.1 Å². The van der Waals surface area contributed by atoms with E-state index in [-0.39, 0.29) is 4.32 Å². The second-order valence-electron chi connectivity index (χ2n) is 3.58. The molecule has 0 aromatic carbocycles. The summed E-state index contributed by atoms with van der Waals surface area (Å²) in [6, 6.07) is 0. The molecule has 60 valence electrons. The van der Waals surface area contributed by atoms with Crippen LogP contribution >= 0.6 is 15.9 Å². The second-order valence-corrected chi connectivity index (χ2v) is 5.05. The maximum atomic E-state index is 10.8. The lowest BCUT2D eigenvalue weighted by molar-refractivity contribution is -0.111. The summed E-state index contributed by atoms with van der Waals surface area (Å²) in [5.74, 6) is 1.09. The average Bonchev–Trinajstić information content (AvgIpc) is 2.06. The lowest BCUT2D eigenvalue weighted by atomic mass is 9.69. The molecule has 3 rings (SSSR count). The maximum absolute atomic E-state index is 10.8. The van der Waals surface area contributed by atoms with Gasteiger partial charge in [-0.2, -0.15) is 0 Å². The Labute approximate surface area is 75.0 Å². The van der Waals surface area contributed by atoms with Gasteiger partial charge >= 0.3 is 0 Å². The van der Waals surface area contributed by atoms with Crippen LogP contribution in [-0.2, 0) is 4.79 Å². The molecule has 11 heavy (non-hydrogen) atoms. The standard InChI is InChI=1S/C9H11BrO/c10-9(6-11)5-7-1-3-8(9)4-2-7/h1,3,6-8H,2,4-5H2/t7-,8+,9+/m1/s1. The molecule has 3 aliphatic carbocycles. The van der Waals surface area contributed by atoms with Gasteiger partial charge in [0.2, 0.25) is 0 Å². The van der Waals surface area contributed by atoms with Crippen molar-refractivity contribution in [3.05, 3.63) is 12.2 Å². The van der Waals surface area contributed by atoms with Gasteiger partial charge in [0.1, 0.15) is 6.29 Å². The normalized spacial score (nSPS) is 47.7. The SMILES string of the molecule is O=C[C@@]1(Br)C[C@@H]2C=C[C@H]1CC2. The summed E-state index contributed by atoms with van der Waals surface area (Å²) in [5, 5.41) is 0. The zero-order valence-corrected chi connectivity index (χ0v) is 7.88. The number of carbonyl (C=O) groups excluding carboxylic acids is 1. The van der Waals surface area contributed by atoms with Crippen molar-refractivity contribution >= 4 is 22.2 Å². The molecule has 3 aliphatic rings. The molecule has 1 saturated carbocycles. The quantitative estimate of drug-likeness (QED) is 0.372. The monoisotopic (exact) mass is 214 g/mol. The Kier molecular flexibility index (Phi) is 1.67. The van der Waals surface area contributed by atoms with Crippen molar-refractivity contribution in [1.82, 2.24) is 0 Å². The van der Waals surface area contributed by atoms with Gasteiger partial charge < -0.3 is 4.79 Å². The van der Waals surface area contributed by atoms with Gasteiger partial charge in [0.05, 0.1) is 4.32 Å². The molecule has 0 radical (unpaired) electrons. The van der Waals surface area contributed by atoms with Crippen LogP contribution in [0.5, 0.6) is 0 Å². The summed E-state index contributed by atoms with van der Waals surface area (Å²) in [6.07, 6.45) is 8.97. The summed E-state index contributed by atoms with van der Waals surface area (Å²) in [7, 11) is 0. The Hall–Kier alpha value is -0.110. The maximum Gasteiger partial charge on any atom is 0.137 e. The molecule has 0 heterocycles. The van der Waals surface area contributed by atoms with Gasteiger partial charge in [0.25, 0.3) is 0 Å². The molecule has 0 spiro atoms. The van der Waals surface area contributed by atoms with Gasteiger partial charge in [-0.3, -0.25) is 0 Å². The predicted molar refractivity (Wildman–Crippen MR) is 47.7 cm³/mol. The van der Waals surface area contributed by atoms with Crippen LogP contribution in [0.1, 0.15) is 19.3 Å². The molecule has 0 aromatic heterocycles. The van der Waals surface area contributed by atoms with Crippen LogP contribution < -0.4 is 0 Å². The fraction of sp³-hybridized carbons (Fsp3) is 0.667. The molecule has 1 fully saturated rings. The number of hydrogen-bond donors (Lipinski definition) is 0. The molecular weight excluding hydrogens is 204 g/mol. The molecule has 2 bridgehead atoms. The van der Waals surface area contributed by atoms with Crippen molar-refractivity contribution in [3.63, 3.8) is 0 Å². The number of aldehydes is 1. The predicted octanol–water partition coefficient (Wildman–Crippen LogP) is 2.31. The van der Waals surface area contributed by atoms with Gasteiger partial charge in [-0.25, -0.2) is 0 Å². The van der Waals surface area contributed by atoms with Gasteiger partial charge in [0, 0.05) is 0 Å². The van der Waals surface area contributed by atoms with E-state index in [2.05, 4.69) is 28.1 Å². The third-order valence-corrected chi connectivity index (χ3v) is 3.95. The molecule has 0 N–H and O–H groups in total. The highest BCUT2D eigenvalue weighted by Gasteiger charge is 2.42. The third-order valence-electron chi connectivity index (χ3n) is 2.85. The van der Waals surface area contributed by atoms with E-state index in [0.29, 0.717) is 11.8 Å².